The summed E-state index contributed by atoms with van der Waals surface area (Å²) in [6.07, 6.45) is 2.70. The molecule has 0 bridgehead atoms. The van der Waals surface area contributed by atoms with Crippen molar-refractivity contribution in [1.82, 2.24) is 5.32 Å². The van der Waals surface area contributed by atoms with E-state index in [1.807, 2.05) is 56.3 Å². The maximum atomic E-state index is 12.9. The summed E-state index contributed by atoms with van der Waals surface area (Å²) in [5.41, 5.74) is 3.15. The molecule has 1 amide bonds. The SMILES string of the molecule is CCc1cccc(N2C(=O)/C(=C\c3ccc(OC(C)C)c(OC)c3)NC2=S)c1. The zero-order valence-corrected chi connectivity index (χ0v) is 17.3. The number of carbonyl (C=O) groups is 1. The fourth-order valence-electron chi connectivity index (χ4n) is 2.98. The van der Waals surface area contributed by atoms with E-state index < -0.39 is 0 Å². The quantitative estimate of drug-likeness (QED) is 0.583. The molecule has 0 aliphatic carbocycles. The summed E-state index contributed by atoms with van der Waals surface area (Å²) in [5.74, 6) is 1.10. The number of amides is 1. The summed E-state index contributed by atoms with van der Waals surface area (Å²) >= 11 is 5.40. The molecule has 1 fully saturated rings. The molecular weight excluding hydrogens is 372 g/mol. The van der Waals surface area contributed by atoms with E-state index in [4.69, 9.17) is 21.7 Å². The molecule has 6 heteroatoms. The molecule has 0 spiro atoms. The van der Waals surface area contributed by atoms with Crippen LogP contribution in [0.2, 0.25) is 0 Å². The van der Waals surface area contributed by atoms with Gasteiger partial charge in [-0.05, 0) is 74.0 Å². The number of aryl methyl sites for hydroxylation is 1. The van der Waals surface area contributed by atoms with Crippen LogP contribution in [0.15, 0.2) is 48.2 Å². The van der Waals surface area contributed by atoms with E-state index in [-0.39, 0.29) is 12.0 Å². The summed E-state index contributed by atoms with van der Waals surface area (Å²) in [5, 5.41) is 3.39. The Morgan fingerprint density at radius 3 is 2.64 bits per heavy atom. The van der Waals surface area contributed by atoms with E-state index in [1.54, 1.807) is 13.2 Å². The third-order valence-corrected chi connectivity index (χ3v) is 4.60. The molecule has 1 aliphatic heterocycles. The van der Waals surface area contributed by atoms with Crippen molar-refractivity contribution < 1.29 is 14.3 Å². The van der Waals surface area contributed by atoms with E-state index >= 15 is 0 Å². The molecule has 1 N–H and O–H groups in total. The van der Waals surface area contributed by atoms with Gasteiger partial charge in [-0.15, -0.1) is 0 Å². The van der Waals surface area contributed by atoms with Gasteiger partial charge >= 0.3 is 0 Å². The number of thiocarbonyl (C=S) groups is 1. The van der Waals surface area contributed by atoms with E-state index in [2.05, 4.69) is 12.2 Å². The molecule has 28 heavy (non-hydrogen) atoms. The highest BCUT2D eigenvalue weighted by molar-refractivity contribution is 7.80. The molecule has 0 unspecified atom stereocenters. The summed E-state index contributed by atoms with van der Waals surface area (Å²) in [6, 6.07) is 13.4. The molecule has 1 saturated heterocycles. The van der Waals surface area contributed by atoms with Crippen LogP contribution < -0.4 is 19.7 Å². The number of nitrogens with one attached hydrogen (secondary N) is 1. The zero-order chi connectivity index (χ0) is 20.3. The molecule has 3 rings (SSSR count). The minimum Gasteiger partial charge on any atom is -0.493 e. The molecule has 146 valence electrons. The molecule has 2 aromatic carbocycles. The van der Waals surface area contributed by atoms with Crippen molar-refractivity contribution in [2.75, 3.05) is 12.0 Å². The van der Waals surface area contributed by atoms with E-state index in [9.17, 15) is 4.79 Å². The van der Waals surface area contributed by atoms with Crippen molar-refractivity contribution in [3.63, 3.8) is 0 Å². The largest absolute Gasteiger partial charge is 0.493 e. The zero-order valence-electron chi connectivity index (χ0n) is 16.5. The Morgan fingerprint density at radius 2 is 1.96 bits per heavy atom. The highest BCUT2D eigenvalue weighted by Gasteiger charge is 2.32. The molecule has 0 aromatic heterocycles. The third kappa shape index (κ3) is 4.17. The van der Waals surface area contributed by atoms with E-state index in [0.29, 0.717) is 22.3 Å². The number of ether oxygens (including phenoxy) is 2. The van der Waals surface area contributed by atoms with Crippen LogP contribution in [0.4, 0.5) is 5.69 Å². The van der Waals surface area contributed by atoms with Gasteiger partial charge in [-0.1, -0.05) is 25.1 Å². The fraction of sp³-hybridized carbons (Fsp3) is 0.273. The molecule has 0 atom stereocenters. The minimum absolute atomic E-state index is 0.0426. The summed E-state index contributed by atoms with van der Waals surface area (Å²) in [7, 11) is 1.59. The van der Waals surface area contributed by atoms with Crippen molar-refractivity contribution in [3.05, 3.63) is 59.3 Å². The van der Waals surface area contributed by atoms with Gasteiger partial charge in [-0.2, -0.15) is 0 Å². The van der Waals surface area contributed by atoms with Crippen LogP contribution in [0, 0.1) is 0 Å². The maximum Gasteiger partial charge on any atom is 0.281 e. The van der Waals surface area contributed by atoms with Crippen LogP contribution >= 0.6 is 12.2 Å². The van der Waals surface area contributed by atoms with Crippen LogP contribution in [0.25, 0.3) is 6.08 Å². The predicted molar refractivity (Wildman–Crippen MR) is 116 cm³/mol. The first-order valence-corrected chi connectivity index (χ1v) is 9.64. The predicted octanol–water partition coefficient (Wildman–Crippen LogP) is 4.31. The van der Waals surface area contributed by atoms with Gasteiger partial charge in [0.05, 0.1) is 18.9 Å². The second kappa shape index (κ2) is 8.44. The standard InChI is InChI=1S/C22H24N2O3S/c1-5-15-7-6-8-17(11-15)24-21(25)18(23-22(24)28)12-16-9-10-19(27-14(2)3)20(13-16)26-4/h6-14H,5H2,1-4H3,(H,23,28)/b18-12+. The Balaban J connectivity index is 1.89. The molecule has 0 saturated carbocycles. The lowest BCUT2D eigenvalue weighted by Crippen LogP contribution is -2.30. The highest BCUT2D eigenvalue weighted by Crippen LogP contribution is 2.30. The third-order valence-electron chi connectivity index (χ3n) is 4.32. The Labute approximate surface area is 170 Å². The normalized spacial score (nSPS) is 15.3. The minimum atomic E-state index is -0.181. The lowest BCUT2D eigenvalue weighted by molar-refractivity contribution is -0.113. The number of benzene rings is 2. The number of carbonyl (C=O) groups excluding carboxylic acids is 1. The Morgan fingerprint density at radius 1 is 1.18 bits per heavy atom. The van der Waals surface area contributed by atoms with Crippen molar-refractivity contribution in [2.45, 2.75) is 33.3 Å². The number of hydrogen-bond donors (Lipinski definition) is 1. The van der Waals surface area contributed by atoms with Crippen molar-refractivity contribution in [3.8, 4) is 11.5 Å². The van der Waals surface area contributed by atoms with Crippen molar-refractivity contribution in [1.29, 1.82) is 0 Å². The first kappa shape index (κ1) is 19.9. The van der Waals surface area contributed by atoms with Gasteiger partial charge in [0.15, 0.2) is 16.6 Å². The smallest absolute Gasteiger partial charge is 0.281 e. The maximum absolute atomic E-state index is 12.9. The number of methoxy groups -OCH3 is 1. The van der Waals surface area contributed by atoms with E-state index in [0.717, 1.165) is 23.2 Å². The van der Waals surface area contributed by atoms with E-state index in [1.165, 1.54) is 4.90 Å². The van der Waals surface area contributed by atoms with Crippen LogP contribution in [0.1, 0.15) is 31.9 Å². The molecular formula is C22H24N2O3S. The molecule has 5 nitrogen and oxygen atoms in total. The van der Waals surface area contributed by atoms with Gasteiger partial charge in [-0.25, -0.2) is 0 Å². The summed E-state index contributed by atoms with van der Waals surface area (Å²) in [4.78, 5) is 14.5. The molecule has 2 aromatic rings. The molecule has 0 radical (unpaired) electrons. The Hall–Kier alpha value is -2.86. The lowest BCUT2D eigenvalue weighted by Gasteiger charge is -2.15. The molecule has 1 heterocycles. The number of rotatable bonds is 6. The van der Waals surface area contributed by atoms with Gasteiger partial charge in [-0.3, -0.25) is 9.69 Å². The first-order chi connectivity index (χ1) is 13.4. The van der Waals surface area contributed by atoms with Crippen molar-refractivity contribution in [2.24, 2.45) is 0 Å². The monoisotopic (exact) mass is 396 g/mol. The van der Waals surface area contributed by atoms with Gasteiger partial charge in [0.1, 0.15) is 5.70 Å². The topological polar surface area (TPSA) is 50.8 Å². The van der Waals surface area contributed by atoms with Crippen LogP contribution in [-0.2, 0) is 11.2 Å². The summed E-state index contributed by atoms with van der Waals surface area (Å²) < 4.78 is 11.2. The van der Waals surface area contributed by atoms with Gasteiger partial charge in [0, 0.05) is 0 Å². The first-order valence-electron chi connectivity index (χ1n) is 9.23. The average molecular weight is 397 g/mol. The van der Waals surface area contributed by atoms with Gasteiger partial charge in [0.2, 0.25) is 0 Å². The van der Waals surface area contributed by atoms with Crippen LogP contribution in [0.5, 0.6) is 11.5 Å². The second-order valence-corrected chi connectivity index (χ2v) is 7.12. The second-order valence-electron chi connectivity index (χ2n) is 6.73. The van der Waals surface area contributed by atoms with Gasteiger partial charge in [0.25, 0.3) is 5.91 Å². The summed E-state index contributed by atoms with van der Waals surface area (Å²) in [6.45, 7) is 5.99. The number of nitrogens with zero attached hydrogens (tertiary/aromatic N) is 1. The highest BCUT2D eigenvalue weighted by atomic mass is 32.1. The number of anilines is 1. The lowest BCUT2D eigenvalue weighted by atomic mass is 10.1. The van der Waals surface area contributed by atoms with Crippen LogP contribution in [0.3, 0.4) is 0 Å². The molecule has 1 aliphatic rings. The number of hydrogen-bond acceptors (Lipinski definition) is 4. The van der Waals surface area contributed by atoms with Gasteiger partial charge < -0.3 is 14.8 Å². The average Bonchev–Trinajstić information content (AvgIpc) is 2.95. The van der Waals surface area contributed by atoms with Crippen molar-refractivity contribution >= 4 is 35.0 Å². The Bertz CT molecular complexity index is 937. The fourth-order valence-corrected chi connectivity index (χ4v) is 3.28. The van der Waals surface area contributed by atoms with Crippen LogP contribution in [-0.4, -0.2) is 24.2 Å². The Kier molecular flexibility index (Phi) is 5.99.